The van der Waals surface area contributed by atoms with Crippen molar-refractivity contribution in [1.29, 1.82) is 0 Å². The number of pyridine rings is 1. The molecule has 5 rings (SSSR count). The summed E-state index contributed by atoms with van der Waals surface area (Å²) in [5.74, 6) is -1.19. The molecule has 1 N–H and O–H groups in total. The highest BCUT2D eigenvalue weighted by Crippen LogP contribution is 2.33. The normalized spacial score (nSPS) is 16.1. The minimum absolute atomic E-state index is 0.0663. The van der Waals surface area contributed by atoms with Crippen molar-refractivity contribution < 1.29 is 13.6 Å². The lowest BCUT2D eigenvalue weighted by Gasteiger charge is -2.35. The molecule has 2 aromatic carbocycles. The Balaban J connectivity index is 1.62. The first-order chi connectivity index (χ1) is 16.4. The third kappa shape index (κ3) is 4.05. The molecule has 0 bridgehead atoms. The fraction of sp³-hybridized carbons (Fsp3) is 0.280. The monoisotopic (exact) mass is 479 g/mol. The van der Waals surface area contributed by atoms with E-state index in [0.717, 1.165) is 30.0 Å². The van der Waals surface area contributed by atoms with E-state index in [0.29, 0.717) is 33.7 Å². The van der Waals surface area contributed by atoms with Crippen LogP contribution < -0.4 is 10.2 Å². The summed E-state index contributed by atoms with van der Waals surface area (Å²) < 4.78 is 29.9. The number of piperidine rings is 1. The van der Waals surface area contributed by atoms with Gasteiger partial charge < -0.3 is 5.32 Å². The van der Waals surface area contributed by atoms with Crippen molar-refractivity contribution in [3.05, 3.63) is 70.4 Å². The molecule has 1 aliphatic heterocycles. The minimum atomic E-state index is -0.646. The summed E-state index contributed by atoms with van der Waals surface area (Å²) in [5.41, 5.74) is 1.29. The van der Waals surface area contributed by atoms with Crippen LogP contribution in [0.1, 0.15) is 33.8 Å². The topological polar surface area (TPSA) is 71.0 Å². The summed E-state index contributed by atoms with van der Waals surface area (Å²) in [6, 6.07) is 8.90. The number of anilines is 1. The average Bonchev–Trinajstić information content (AvgIpc) is 3.28. The van der Waals surface area contributed by atoms with E-state index in [1.165, 1.54) is 40.6 Å². The van der Waals surface area contributed by atoms with Crippen molar-refractivity contribution in [1.82, 2.24) is 20.5 Å². The summed E-state index contributed by atoms with van der Waals surface area (Å²) in [6.45, 7) is 5.07. The Labute approximate surface area is 199 Å². The van der Waals surface area contributed by atoms with Crippen LogP contribution in [-0.2, 0) is 0 Å². The quantitative estimate of drug-likeness (QED) is 0.444. The number of hydrogen-bond acceptors (Lipinski definition) is 6. The van der Waals surface area contributed by atoms with Crippen LogP contribution in [0.5, 0.6) is 0 Å². The van der Waals surface area contributed by atoms with Crippen LogP contribution in [0.2, 0.25) is 0 Å². The number of amides is 1. The Morgan fingerprint density at radius 1 is 1.12 bits per heavy atom. The number of rotatable bonds is 4. The zero-order valence-electron chi connectivity index (χ0n) is 18.8. The molecule has 1 atom stereocenters. The molecule has 0 saturated carbocycles. The first-order valence-corrected chi connectivity index (χ1v) is 11.9. The number of nitrogens with zero attached hydrogens (tertiary/aromatic N) is 4. The molecule has 1 aliphatic rings. The molecular formula is C25H23F2N5OS. The standard InChI is InChI=1S/C25H23F2N5OS/c1-14-5-8-20(26)18-9-11-29-23(22(14)18)32(17-4-3-10-28-13-17)25(33)19-7-6-16(12-21(19)27)24-31-30-15(2)34-24/h5-9,11-12,17,28H,3-4,10,13H2,1-2H3/t17-/m1/s1. The second-order valence-corrected chi connectivity index (χ2v) is 9.60. The van der Waals surface area contributed by atoms with Crippen LogP contribution in [-0.4, -0.2) is 40.2 Å². The van der Waals surface area contributed by atoms with Gasteiger partial charge in [0.2, 0.25) is 0 Å². The molecule has 0 aliphatic carbocycles. The zero-order chi connectivity index (χ0) is 23.8. The summed E-state index contributed by atoms with van der Waals surface area (Å²) in [6.07, 6.45) is 3.09. The fourth-order valence-electron chi connectivity index (χ4n) is 4.45. The van der Waals surface area contributed by atoms with Crippen LogP contribution in [0.15, 0.2) is 42.6 Å². The van der Waals surface area contributed by atoms with Gasteiger partial charge in [0, 0.05) is 29.1 Å². The van der Waals surface area contributed by atoms with E-state index in [1.807, 2.05) is 13.8 Å². The van der Waals surface area contributed by atoms with Gasteiger partial charge in [0.25, 0.3) is 5.91 Å². The van der Waals surface area contributed by atoms with Gasteiger partial charge in [0.15, 0.2) is 0 Å². The third-order valence-corrected chi connectivity index (χ3v) is 7.01. The number of aromatic nitrogens is 3. The second-order valence-electron chi connectivity index (χ2n) is 8.42. The Kier molecular flexibility index (Phi) is 6.05. The number of nitrogens with one attached hydrogen (secondary N) is 1. The van der Waals surface area contributed by atoms with Crippen LogP contribution in [0.3, 0.4) is 0 Å². The lowest BCUT2D eigenvalue weighted by molar-refractivity contribution is 0.0968. The Morgan fingerprint density at radius 3 is 2.68 bits per heavy atom. The summed E-state index contributed by atoms with van der Waals surface area (Å²) >= 11 is 1.36. The highest BCUT2D eigenvalue weighted by atomic mass is 32.1. The maximum absolute atomic E-state index is 15.3. The van der Waals surface area contributed by atoms with Crippen LogP contribution in [0, 0.1) is 25.5 Å². The number of benzene rings is 2. The molecule has 0 unspecified atom stereocenters. The van der Waals surface area contributed by atoms with Gasteiger partial charge in [-0.15, -0.1) is 10.2 Å². The van der Waals surface area contributed by atoms with E-state index in [-0.39, 0.29) is 17.4 Å². The van der Waals surface area contributed by atoms with E-state index in [1.54, 1.807) is 18.2 Å². The molecule has 1 saturated heterocycles. The third-order valence-electron chi connectivity index (χ3n) is 6.12. The first kappa shape index (κ1) is 22.5. The van der Waals surface area contributed by atoms with Crippen molar-refractivity contribution >= 4 is 33.8 Å². The van der Waals surface area contributed by atoms with Crippen molar-refractivity contribution in [2.45, 2.75) is 32.7 Å². The molecule has 2 aromatic heterocycles. The molecule has 9 heteroatoms. The maximum atomic E-state index is 15.3. The highest BCUT2D eigenvalue weighted by molar-refractivity contribution is 7.14. The van der Waals surface area contributed by atoms with Gasteiger partial charge in [0.1, 0.15) is 27.5 Å². The van der Waals surface area contributed by atoms with Crippen molar-refractivity contribution in [2.75, 3.05) is 18.0 Å². The smallest absolute Gasteiger partial charge is 0.262 e. The van der Waals surface area contributed by atoms with Crippen LogP contribution >= 0.6 is 11.3 Å². The number of carbonyl (C=O) groups excluding carboxylic acids is 1. The Bertz CT molecular complexity index is 1380. The predicted octanol–water partition coefficient (Wildman–Crippen LogP) is 5.05. The van der Waals surface area contributed by atoms with Gasteiger partial charge in [-0.2, -0.15) is 0 Å². The zero-order valence-corrected chi connectivity index (χ0v) is 19.6. The van der Waals surface area contributed by atoms with Crippen LogP contribution in [0.4, 0.5) is 14.6 Å². The molecule has 3 heterocycles. The molecule has 0 radical (unpaired) electrons. The number of carbonyl (C=O) groups is 1. The lowest BCUT2D eigenvalue weighted by atomic mass is 10.0. The predicted molar refractivity (Wildman–Crippen MR) is 129 cm³/mol. The Hall–Kier alpha value is -3.30. The lowest BCUT2D eigenvalue weighted by Crippen LogP contribution is -2.49. The van der Waals surface area contributed by atoms with Gasteiger partial charge in [0.05, 0.1) is 11.6 Å². The summed E-state index contributed by atoms with van der Waals surface area (Å²) in [7, 11) is 0. The average molecular weight is 480 g/mol. The Morgan fingerprint density at radius 2 is 1.97 bits per heavy atom. The molecule has 6 nitrogen and oxygen atoms in total. The summed E-state index contributed by atoms with van der Waals surface area (Å²) in [4.78, 5) is 19.9. The van der Waals surface area contributed by atoms with Gasteiger partial charge in [-0.05, 0) is 63.1 Å². The van der Waals surface area contributed by atoms with Gasteiger partial charge in [-0.1, -0.05) is 23.5 Å². The van der Waals surface area contributed by atoms with Crippen LogP contribution in [0.25, 0.3) is 21.3 Å². The van der Waals surface area contributed by atoms with Gasteiger partial charge >= 0.3 is 0 Å². The van der Waals surface area contributed by atoms with E-state index < -0.39 is 11.7 Å². The molecule has 0 spiro atoms. The molecule has 34 heavy (non-hydrogen) atoms. The second kappa shape index (κ2) is 9.15. The largest absolute Gasteiger partial charge is 0.315 e. The number of aryl methyl sites for hydroxylation is 2. The molecular weight excluding hydrogens is 456 g/mol. The summed E-state index contributed by atoms with van der Waals surface area (Å²) in [5, 5.41) is 13.7. The van der Waals surface area contributed by atoms with Crippen molar-refractivity contribution in [3.63, 3.8) is 0 Å². The van der Waals surface area contributed by atoms with E-state index in [2.05, 4.69) is 20.5 Å². The molecule has 1 amide bonds. The van der Waals surface area contributed by atoms with Crippen molar-refractivity contribution in [3.8, 4) is 10.6 Å². The number of fused-ring (bicyclic) bond motifs is 1. The fourth-order valence-corrected chi connectivity index (χ4v) is 5.13. The minimum Gasteiger partial charge on any atom is -0.315 e. The number of halogens is 2. The van der Waals surface area contributed by atoms with Gasteiger partial charge in [-0.3, -0.25) is 9.69 Å². The first-order valence-electron chi connectivity index (χ1n) is 11.1. The maximum Gasteiger partial charge on any atom is 0.262 e. The molecule has 1 fully saturated rings. The van der Waals surface area contributed by atoms with Crippen molar-refractivity contribution in [2.24, 2.45) is 0 Å². The molecule has 174 valence electrons. The van der Waals surface area contributed by atoms with E-state index >= 15 is 4.39 Å². The van der Waals surface area contributed by atoms with Gasteiger partial charge in [-0.25, -0.2) is 13.8 Å². The molecule has 4 aromatic rings. The van der Waals surface area contributed by atoms with E-state index in [9.17, 15) is 9.18 Å². The SMILES string of the molecule is Cc1nnc(-c2ccc(C(=O)N(c3nccc4c(F)ccc(C)c34)[C@@H]3CCCNC3)c(F)c2)s1. The number of hydrogen-bond donors (Lipinski definition) is 1. The van der Waals surface area contributed by atoms with E-state index in [4.69, 9.17) is 0 Å². The highest BCUT2D eigenvalue weighted by Gasteiger charge is 2.32.